The van der Waals surface area contributed by atoms with Gasteiger partial charge in [-0.3, -0.25) is 0 Å². The van der Waals surface area contributed by atoms with Gasteiger partial charge in [0, 0.05) is 0 Å². The summed E-state index contributed by atoms with van der Waals surface area (Å²) in [5.41, 5.74) is 5.46. The number of unbranched alkanes of at least 4 members (excludes halogenated alkanes) is 2. The first-order valence-electron chi connectivity index (χ1n) is 8.28. The maximum absolute atomic E-state index is 4.81. The molecule has 0 amide bonds. The lowest BCUT2D eigenvalue weighted by Crippen LogP contribution is -1.87. The Bertz CT molecular complexity index is 915. The number of nitrogens with one attached hydrogen (secondary N) is 2. The fourth-order valence-electron chi connectivity index (χ4n) is 3.04. The summed E-state index contributed by atoms with van der Waals surface area (Å²) in [6.07, 6.45) is 4.79. The van der Waals surface area contributed by atoms with E-state index < -0.39 is 0 Å². The topological polar surface area (TPSA) is 57.4 Å². The summed E-state index contributed by atoms with van der Waals surface area (Å²) in [7, 11) is 0. The molecule has 0 unspecified atom stereocenters. The number of rotatable bonds is 5. The number of aryl methyl sites for hydroxylation is 1. The standard InChI is InChI=1S/C19H20N4/c1-2-3-4-8-13-9-7-12-16-17(13)23-19(22-16)18-20-14-10-5-6-11-15(14)21-18/h5-7,9-12H,2-4,8H2,1H3,(H,20,21)(H,22,23). The largest absolute Gasteiger partial charge is 0.335 e. The van der Waals surface area contributed by atoms with Gasteiger partial charge in [-0.25, -0.2) is 9.97 Å². The summed E-state index contributed by atoms with van der Waals surface area (Å²) in [5, 5.41) is 0. The molecule has 0 aliphatic heterocycles. The lowest BCUT2D eigenvalue weighted by Gasteiger charge is -2.01. The zero-order chi connectivity index (χ0) is 15.6. The number of aromatic nitrogens is 4. The Balaban J connectivity index is 1.74. The molecule has 0 aliphatic carbocycles. The van der Waals surface area contributed by atoms with Gasteiger partial charge >= 0.3 is 0 Å². The molecule has 0 radical (unpaired) electrons. The number of nitrogens with zero attached hydrogens (tertiary/aromatic N) is 2. The van der Waals surface area contributed by atoms with Gasteiger partial charge in [-0.15, -0.1) is 0 Å². The van der Waals surface area contributed by atoms with Crippen molar-refractivity contribution in [1.29, 1.82) is 0 Å². The Labute approximate surface area is 135 Å². The van der Waals surface area contributed by atoms with Crippen molar-refractivity contribution in [2.75, 3.05) is 0 Å². The second-order valence-corrected chi connectivity index (χ2v) is 5.96. The lowest BCUT2D eigenvalue weighted by molar-refractivity contribution is 0.719. The molecule has 2 aromatic carbocycles. The smallest absolute Gasteiger partial charge is 0.174 e. The zero-order valence-corrected chi connectivity index (χ0v) is 13.3. The van der Waals surface area contributed by atoms with Crippen LogP contribution in [-0.4, -0.2) is 19.9 Å². The Morgan fingerprint density at radius 1 is 0.826 bits per heavy atom. The minimum Gasteiger partial charge on any atom is -0.335 e. The first-order valence-corrected chi connectivity index (χ1v) is 8.28. The highest BCUT2D eigenvalue weighted by molar-refractivity contribution is 5.83. The van der Waals surface area contributed by atoms with Gasteiger partial charge in [0.15, 0.2) is 11.6 Å². The van der Waals surface area contributed by atoms with Gasteiger partial charge in [-0.2, -0.15) is 0 Å². The van der Waals surface area contributed by atoms with E-state index in [1.54, 1.807) is 0 Å². The number of aromatic amines is 2. The van der Waals surface area contributed by atoms with Crippen molar-refractivity contribution >= 4 is 22.1 Å². The second kappa shape index (κ2) is 5.88. The number of fused-ring (bicyclic) bond motifs is 2. The van der Waals surface area contributed by atoms with E-state index in [4.69, 9.17) is 4.98 Å². The van der Waals surface area contributed by atoms with Gasteiger partial charge in [0.2, 0.25) is 0 Å². The third-order valence-electron chi connectivity index (χ3n) is 4.26. The van der Waals surface area contributed by atoms with Crippen LogP contribution in [0.5, 0.6) is 0 Å². The maximum atomic E-state index is 4.81. The SMILES string of the molecule is CCCCCc1cccc2[nH]c(-c3nc4ccccc4[nH]3)nc12. The molecule has 0 aliphatic rings. The molecule has 0 spiro atoms. The van der Waals surface area contributed by atoms with Gasteiger partial charge in [0.1, 0.15) is 0 Å². The molecule has 4 nitrogen and oxygen atoms in total. The highest BCUT2D eigenvalue weighted by Crippen LogP contribution is 2.24. The molecule has 2 aromatic heterocycles. The number of hydrogen-bond acceptors (Lipinski definition) is 2. The Hall–Kier alpha value is -2.62. The van der Waals surface area contributed by atoms with Crippen molar-refractivity contribution in [2.45, 2.75) is 32.6 Å². The molecule has 2 N–H and O–H groups in total. The number of H-pyrrole nitrogens is 2. The molecule has 0 saturated carbocycles. The van der Waals surface area contributed by atoms with Crippen molar-refractivity contribution in [2.24, 2.45) is 0 Å². The average molecular weight is 304 g/mol. The highest BCUT2D eigenvalue weighted by atomic mass is 15.0. The molecule has 4 rings (SSSR count). The minimum atomic E-state index is 0.793. The fraction of sp³-hybridized carbons (Fsp3) is 0.263. The molecule has 2 heterocycles. The predicted octanol–water partition coefficient (Wildman–Crippen LogP) is 4.84. The maximum Gasteiger partial charge on any atom is 0.174 e. The van der Waals surface area contributed by atoms with E-state index in [9.17, 15) is 0 Å². The van der Waals surface area contributed by atoms with Crippen LogP contribution >= 0.6 is 0 Å². The quantitative estimate of drug-likeness (QED) is 0.518. The molecular formula is C19H20N4. The monoisotopic (exact) mass is 304 g/mol. The van der Waals surface area contributed by atoms with Gasteiger partial charge in [-0.05, 0) is 36.6 Å². The number of para-hydroxylation sites is 3. The van der Waals surface area contributed by atoms with Crippen LogP contribution in [0, 0.1) is 0 Å². The highest BCUT2D eigenvalue weighted by Gasteiger charge is 2.12. The molecule has 0 saturated heterocycles. The summed E-state index contributed by atoms with van der Waals surface area (Å²) in [6.45, 7) is 2.23. The van der Waals surface area contributed by atoms with Crippen molar-refractivity contribution in [3.8, 4) is 11.6 Å². The van der Waals surface area contributed by atoms with E-state index in [0.717, 1.165) is 40.1 Å². The van der Waals surface area contributed by atoms with Crippen molar-refractivity contribution in [3.05, 3.63) is 48.0 Å². The lowest BCUT2D eigenvalue weighted by atomic mass is 10.1. The predicted molar refractivity (Wildman–Crippen MR) is 94.4 cm³/mol. The van der Waals surface area contributed by atoms with Crippen molar-refractivity contribution < 1.29 is 0 Å². The first kappa shape index (κ1) is 14.0. The fourth-order valence-corrected chi connectivity index (χ4v) is 3.04. The van der Waals surface area contributed by atoms with Gasteiger partial charge in [0.05, 0.1) is 22.1 Å². The van der Waals surface area contributed by atoms with E-state index in [1.165, 1.54) is 24.8 Å². The van der Waals surface area contributed by atoms with Gasteiger partial charge in [-0.1, -0.05) is 44.0 Å². The molecule has 4 aromatic rings. The summed E-state index contributed by atoms with van der Waals surface area (Å²) in [5.74, 6) is 1.60. The van der Waals surface area contributed by atoms with Crippen molar-refractivity contribution in [3.63, 3.8) is 0 Å². The first-order chi connectivity index (χ1) is 11.3. The van der Waals surface area contributed by atoms with Crippen LogP contribution < -0.4 is 0 Å². The van der Waals surface area contributed by atoms with E-state index in [1.807, 2.05) is 24.3 Å². The van der Waals surface area contributed by atoms with Crippen molar-refractivity contribution in [1.82, 2.24) is 19.9 Å². The molecule has 4 heteroatoms. The molecule has 0 bridgehead atoms. The van der Waals surface area contributed by atoms with Gasteiger partial charge < -0.3 is 9.97 Å². The Morgan fingerprint density at radius 2 is 1.61 bits per heavy atom. The second-order valence-electron chi connectivity index (χ2n) is 5.96. The van der Waals surface area contributed by atoms with E-state index in [0.29, 0.717) is 0 Å². The van der Waals surface area contributed by atoms with E-state index >= 15 is 0 Å². The normalized spacial score (nSPS) is 11.5. The van der Waals surface area contributed by atoms with Crippen LogP contribution in [0.15, 0.2) is 42.5 Å². The molecule has 0 atom stereocenters. The summed E-state index contributed by atoms with van der Waals surface area (Å²) in [6, 6.07) is 14.4. The molecular weight excluding hydrogens is 284 g/mol. The van der Waals surface area contributed by atoms with Crippen LogP contribution in [0.2, 0.25) is 0 Å². The summed E-state index contributed by atoms with van der Waals surface area (Å²) < 4.78 is 0. The Kier molecular flexibility index (Phi) is 3.58. The molecule has 0 fully saturated rings. The van der Waals surface area contributed by atoms with E-state index in [-0.39, 0.29) is 0 Å². The number of hydrogen-bond donors (Lipinski definition) is 2. The van der Waals surface area contributed by atoms with Crippen LogP contribution in [0.25, 0.3) is 33.7 Å². The third-order valence-corrected chi connectivity index (χ3v) is 4.26. The molecule has 23 heavy (non-hydrogen) atoms. The van der Waals surface area contributed by atoms with Crippen LogP contribution in [0.1, 0.15) is 31.7 Å². The van der Waals surface area contributed by atoms with Crippen LogP contribution in [0.4, 0.5) is 0 Å². The molecule has 116 valence electrons. The summed E-state index contributed by atoms with van der Waals surface area (Å²) in [4.78, 5) is 16.2. The van der Waals surface area contributed by atoms with Crippen LogP contribution in [-0.2, 0) is 6.42 Å². The number of benzene rings is 2. The van der Waals surface area contributed by atoms with Crippen LogP contribution in [0.3, 0.4) is 0 Å². The van der Waals surface area contributed by atoms with E-state index in [2.05, 4.69) is 40.1 Å². The summed E-state index contributed by atoms with van der Waals surface area (Å²) >= 11 is 0. The van der Waals surface area contributed by atoms with Gasteiger partial charge in [0.25, 0.3) is 0 Å². The third kappa shape index (κ3) is 2.61. The average Bonchev–Trinajstić information content (AvgIpc) is 3.19. The Morgan fingerprint density at radius 3 is 2.48 bits per heavy atom. The number of imidazole rings is 2. The zero-order valence-electron chi connectivity index (χ0n) is 13.3. The minimum absolute atomic E-state index is 0.793.